The summed E-state index contributed by atoms with van der Waals surface area (Å²) >= 11 is 0. The molecule has 2 rings (SSSR count). The van der Waals surface area contributed by atoms with Crippen LogP contribution in [0.25, 0.3) is 11.1 Å². The Morgan fingerprint density at radius 2 is 1.54 bits per heavy atom. The van der Waals surface area contributed by atoms with E-state index in [9.17, 15) is 9.59 Å². The third kappa shape index (κ3) is 6.71. The van der Waals surface area contributed by atoms with Gasteiger partial charge in [0.05, 0.1) is 0 Å². The second kappa shape index (κ2) is 10.4. The Kier molecular flexibility index (Phi) is 7.87. The number of unbranched alkanes of at least 4 members (excludes halogenated alkanes) is 2. The zero-order valence-electron chi connectivity index (χ0n) is 15.7. The van der Waals surface area contributed by atoms with Crippen molar-refractivity contribution in [1.82, 2.24) is 10.2 Å². The van der Waals surface area contributed by atoms with Crippen molar-refractivity contribution in [3.05, 3.63) is 60.2 Å². The molecule has 138 valence electrons. The number of rotatable bonds is 9. The number of nitrogens with zero attached hydrogens (tertiary/aromatic N) is 1. The van der Waals surface area contributed by atoms with Crippen molar-refractivity contribution in [2.24, 2.45) is 0 Å². The fourth-order valence-electron chi connectivity index (χ4n) is 2.83. The number of benzene rings is 2. The van der Waals surface area contributed by atoms with Gasteiger partial charge >= 0.3 is 0 Å². The molecule has 2 aromatic carbocycles. The summed E-state index contributed by atoms with van der Waals surface area (Å²) in [7, 11) is 1.85. The van der Waals surface area contributed by atoms with Crippen LogP contribution in [-0.2, 0) is 16.1 Å². The Labute approximate surface area is 156 Å². The van der Waals surface area contributed by atoms with Crippen LogP contribution in [0.2, 0.25) is 0 Å². The molecule has 0 saturated heterocycles. The molecule has 0 atom stereocenters. The standard InChI is InChI=1S/C22H28N2O2/c1-18(25)23-16-8-4-7-11-22(26)24(2)17-19-12-14-21(15-13-19)20-9-5-3-6-10-20/h3,5-6,9-10,12-15H,4,7-8,11,16-17H2,1-2H3,(H,23,25). The van der Waals surface area contributed by atoms with Gasteiger partial charge in [-0.05, 0) is 29.5 Å². The van der Waals surface area contributed by atoms with Crippen LogP contribution in [0, 0.1) is 0 Å². The number of nitrogens with one attached hydrogen (secondary N) is 1. The third-order valence-electron chi connectivity index (χ3n) is 4.35. The Morgan fingerprint density at radius 3 is 2.19 bits per heavy atom. The average Bonchev–Trinajstić information content (AvgIpc) is 2.65. The topological polar surface area (TPSA) is 49.4 Å². The van der Waals surface area contributed by atoms with Crippen molar-refractivity contribution in [1.29, 1.82) is 0 Å². The van der Waals surface area contributed by atoms with Gasteiger partial charge in [0, 0.05) is 33.5 Å². The molecule has 0 aliphatic carbocycles. The molecule has 0 unspecified atom stereocenters. The highest BCUT2D eigenvalue weighted by molar-refractivity contribution is 5.76. The SMILES string of the molecule is CC(=O)NCCCCCC(=O)N(C)Cc1ccc(-c2ccccc2)cc1. The first-order chi connectivity index (χ1) is 12.6. The van der Waals surface area contributed by atoms with E-state index in [1.54, 1.807) is 4.90 Å². The van der Waals surface area contributed by atoms with Crippen LogP contribution >= 0.6 is 0 Å². The van der Waals surface area contributed by atoms with Crippen LogP contribution in [-0.4, -0.2) is 30.3 Å². The van der Waals surface area contributed by atoms with Crippen LogP contribution in [0.1, 0.15) is 38.2 Å². The lowest BCUT2D eigenvalue weighted by atomic mass is 10.0. The molecule has 0 fully saturated rings. The van der Waals surface area contributed by atoms with Crippen LogP contribution in [0.3, 0.4) is 0 Å². The van der Waals surface area contributed by atoms with Gasteiger partial charge < -0.3 is 10.2 Å². The van der Waals surface area contributed by atoms with Gasteiger partial charge in [-0.3, -0.25) is 9.59 Å². The molecule has 4 heteroatoms. The van der Waals surface area contributed by atoms with Gasteiger partial charge in [-0.25, -0.2) is 0 Å². The lowest BCUT2D eigenvalue weighted by Gasteiger charge is -2.17. The second-order valence-electron chi connectivity index (χ2n) is 6.61. The minimum atomic E-state index is -0.000840. The molecule has 2 amide bonds. The lowest BCUT2D eigenvalue weighted by Crippen LogP contribution is -2.26. The monoisotopic (exact) mass is 352 g/mol. The predicted molar refractivity (Wildman–Crippen MR) is 106 cm³/mol. The first-order valence-corrected chi connectivity index (χ1v) is 9.19. The van der Waals surface area contributed by atoms with E-state index in [4.69, 9.17) is 0 Å². The number of hydrogen-bond donors (Lipinski definition) is 1. The fraction of sp³-hybridized carbons (Fsp3) is 0.364. The summed E-state index contributed by atoms with van der Waals surface area (Å²) in [5, 5.41) is 2.77. The maximum atomic E-state index is 12.2. The second-order valence-corrected chi connectivity index (χ2v) is 6.61. The Bertz CT molecular complexity index is 696. The van der Waals surface area contributed by atoms with Gasteiger partial charge in [0.1, 0.15) is 0 Å². The molecule has 26 heavy (non-hydrogen) atoms. The van der Waals surface area contributed by atoms with Crippen LogP contribution in [0.4, 0.5) is 0 Å². The van der Waals surface area contributed by atoms with Crippen LogP contribution in [0.15, 0.2) is 54.6 Å². The fourth-order valence-corrected chi connectivity index (χ4v) is 2.83. The van der Waals surface area contributed by atoms with Gasteiger partial charge in [0.15, 0.2) is 0 Å². The highest BCUT2D eigenvalue weighted by Gasteiger charge is 2.09. The third-order valence-corrected chi connectivity index (χ3v) is 4.35. The van der Waals surface area contributed by atoms with Crippen LogP contribution in [0.5, 0.6) is 0 Å². The summed E-state index contributed by atoms with van der Waals surface area (Å²) in [5.74, 6) is 0.163. The van der Waals surface area contributed by atoms with Crippen molar-refractivity contribution >= 4 is 11.8 Å². The molecule has 4 nitrogen and oxygen atoms in total. The van der Waals surface area contributed by atoms with Crippen LogP contribution < -0.4 is 5.32 Å². The van der Waals surface area contributed by atoms with Gasteiger partial charge in [-0.15, -0.1) is 0 Å². The summed E-state index contributed by atoms with van der Waals surface area (Å²) in [5.41, 5.74) is 3.51. The molecular weight excluding hydrogens is 324 g/mol. The minimum Gasteiger partial charge on any atom is -0.356 e. The highest BCUT2D eigenvalue weighted by Crippen LogP contribution is 2.19. The maximum absolute atomic E-state index is 12.2. The van der Waals surface area contributed by atoms with E-state index in [-0.39, 0.29) is 11.8 Å². The highest BCUT2D eigenvalue weighted by atomic mass is 16.2. The molecule has 0 saturated carbocycles. The average molecular weight is 352 g/mol. The molecule has 0 aliphatic heterocycles. The molecule has 0 spiro atoms. The first-order valence-electron chi connectivity index (χ1n) is 9.19. The summed E-state index contributed by atoms with van der Waals surface area (Å²) in [6.45, 7) is 2.83. The quantitative estimate of drug-likeness (QED) is 0.693. The van der Waals surface area contributed by atoms with Crippen molar-refractivity contribution in [3.8, 4) is 11.1 Å². The molecular formula is C22H28N2O2. The van der Waals surface area contributed by atoms with E-state index in [0.717, 1.165) is 24.8 Å². The zero-order chi connectivity index (χ0) is 18.8. The smallest absolute Gasteiger partial charge is 0.222 e. The molecule has 0 aliphatic rings. The normalized spacial score (nSPS) is 10.4. The van der Waals surface area contributed by atoms with E-state index in [0.29, 0.717) is 19.5 Å². The summed E-state index contributed by atoms with van der Waals surface area (Å²) in [4.78, 5) is 24.8. The van der Waals surface area contributed by atoms with E-state index in [1.807, 2.05) is 25.2 Å². The molecule has 2 aromatic rings. The first kappa shape index (κ1) is 19.7. The Hall–Kier alpha value is -2.62. The van der Waals surface area contributed by atoms with E-state index in [1.165, 1.54) is 18.1 Å². The molecule has 0 bridgehead atoms. The van der Waals surface area contributed by atoms with Crippen molar-refractivity contribution in [2.45, 2.75) is 39.2 Å². The Balaban J connectivity index is 1.73. The number of carbonyl (C=O) groups excluding carboxylic acids is 2. The van der Waals surface area contributed by atoms with Gasteiger partial charge in [-0.2, -0.15) is 0 Å². The summed E-state index contributed by atoms with van der Waals surface area (Å²) in [6, 6.07) is 18.6. The van der Waals surface area contributed by atoms with E-state index < -0.39 is 0 Å². The Morgan fingerprint density at radius 1 is 0.885 bits per heavy atom. The number of carbonyl (C=O) groups is 2. The molecule has 0 heterocycles. The van der Waals surface area contributed by atoms with Crippen molar-refractivity contribution in [2.75, 3.05) is 13.6 Å². The van der Waals surface area contributed by atoms with E-state index >= 15 is 0 Å². The van der Waals surface area contributed by atoms with Gasteiger partial charge in [-0.1, -0.05) is 61.0 Å². The van der Waals surface area contributed by atoms with E-state index in [2.05, 4.69) is 41.7 Å². The summed E-state index contributed by atoms with van der Waals surface area (Å²) < 4.78 is 0. The maximum Gasteiger partial charge on any atom is 0.222 e. The lowest BCUT2D eigenvalue weighted by molar-refractivity contribution is -0.130. The van der Waals surface area contributed by atoms with Crippen molar-refractivity contribution in [3.63, 3.8) is 0 Å². The number of amides is 2. The minimum absolute atomic E-state index is 0.000840. The molecule has 0 radical (unpaired) electrons. The van der Waals surface area contributed by atoms with Crippen molar-refractivity contribution < 1.29 is 9.59 Å². The van der Waals surface area contributed by atoms with Gasteiger partial charge in [0.2, 0.25) is 11.8 Å². The predicted octanol–water partition coefficient (Wildman–Crippen LogP) is 4.01. The number of hydrogen-bond acceptors (Lipinski definition) is 2. The summed E-state index contributed by atoms with van der Waals surface area (Å²) in [6.07, 6.45) is 3.28. The van der Waals surface area contributed by atoms with Gasteiger partial charge in [0.25, 0.3) is 0 Å². The molecule has 1 N–H and O–H groups in total. The molecule has 0 aromatic heterocycles. The largest absolute Gasteiger partial charge is 0.356 e. The zero-order valence-corrected chi connectivity index (χ0v) is 15.7.